The summed E-state index contributed by atoms with van der Waals surface area (Å²) in [5.41, 5.74) is 0. The lowest BCUT2D eigenvalue weighted by Gasteiger charge is -2.07. The second-order valence-electron chi connectivity index (χ2n) is 6.54. The third-order valence-electron chi connectivity index (χ3n) is 3.94. The van der Waals surface area contributed by atoms with Crippen LogP contribution in [0.5, 0.6) is 0 Å². The maximum absolute atomic E-state index is 11.5. The summed E-state index contributed by atoms with van der Waals surface area (Å²) in [6.45, 7) is 2.78. The van der Waals surface area contributed by atoms with Crippen molar-refractivity contribution in [1.82, 2.24) is 10.6 Å². The highest BCUT2D eigenvalue weighted by atomic mass is 33.1. The monoisotopic (exact) mass is 490 g/mol. The first-order valence-corrected chi connectivity index (χ1v) is 13.3. The molecule has 0 rings (SSSR count). The van der Waals surface area contributed by atoms with Gasteiger partial charge in [0.05, 0.1) is 13.1 Å². The van der Waals surface area contributed by atoms with E-state index < -0.39 is 12.2 Å². The number of rotatable bonds is 21. The van der Waals surface area contributed by atoms with Crippen LogP contribution < -0.4 is 10.6 Å². The van der Waals surface area contributed by atoms with Crippen LogP contribution in [0, 0.1) is 0 Å². The van der Waals surface area contributed by atoms with E-state index in [2.05, 4.69) is 20.6 Å². The highest BCUT2D eigenvalue weighted by Crippen LogP contribution is 2.20. The van der Waals surface area contributed by atoms with E-state index in [1.165, 1.54) is 12.2 Å². The molecule has 0 aromatic carbocycles. The molecule has 0 saturated carbocycles. The second-order valence-corrected chi connectivity index (χ2v) is 9.25. The molecule has 182 valence electrons. The van der Waals surface area contributed by atoms with E-state index in [1.807, 2.05) is 0 Å². The summed E-state index contributed by atoms with van der Waals surface area (Å²) < 4.78 is 10.2. The lowest BCUT2D eigenvalue weighted by atomic mass is 10.2. The molecule has 32 heavy (non-hydrogen) atoms. The van der Waals surface area contributed by atoms with Crippen LogP contribution in [-0.2, 0) is 19.1 Å². The molecule has 10 nitrogen and oxygen atoms in total. The molecule has 0 fully saturated rings. The quantitative estimate of drug-likeness (QED) is 0.108. The number of ether oxygens (including phenoxy) is 2. The van der Waals surface area contributed by atoms with Gasteiger partial charge in [-0.1, -0.05) is 47.3 Å². The normalized spacial score (nSPS) is 9.88. The molecule has 0 aliphatic heterocycles. The number of aliphatic imine (C=N–C) groups is 2. The van der Waals surface area contributed by atoms with E-state index in [9.17, 15) is 19.2 Å². The Kier molecular flexibility index (Phi) is 23.7. The maximum Gasteiger partial charge on any atom is 0.407 e. The van der Waals surface area contributed by atoms with Crippen molar-refractivity contribution in [2.75, 3.05) is 50.9 Å². The van der Waals surface area contributed by atoms with E-state index in [4.69, 9.17) is 9.47 Å². The second kappa shape index (κ2) is 25.3. The first-order chi connectivity index (χ1) is 15.7. The molecule has 0 aromatic heterocycles. The molecule has 0 aliphatic carbocycles. The Morgan fingerprint density at radius 1 is 0.656 bits per heavy atom. The number of isocyanates is 2. The van der Waals surface area contributed by atoms with Crippen molar-refractivity contribution < 1.29 is 28.7 Å². The number of amides is 2. The topological polar surface area (TPSA) is 136 Å². The third-order valence-corrected chi connectivity index (χ3v) is 6.28. The van der Waals surface area contributed by atoms with E-state index >= 15 is 0 Å². The minimum absolute atomic E-state index is 0.316. The highest BCUT2D eigenvalue weighted by Gasteiger charge is 2.03. The Labute approximate surface area is 197 Å². The predicted molar refractivity (Wildman–Crippen MR) is 127 cm³/mol. The van der Waals surface area contributed by atoms with Gasteiger partial charge >= 0.3 is 12.2 Å². The van der Waals surface area contributed by atoms with Crippen LogP contribution in [0.25, 0.3) is 0 Å². The minimum atomic E-state index is -0.421. The molecule has 0 spiro atoms. The fourth-order valence-corrected chi connectivity index (χ4v) is 4.02. The summed E-state index contributed by atoms with van der Waals surface area (Å²) in [7, 11) is 3.11. The molecule has 0 atom stereocenters. The van der Waals surface area contributed by atoms with Gasteiger partial charge in [0.15, 0.2) is 0 Å². The molecule has 0 saturated heterocycles. The molecule has 12 heteroatoms. The highest BCUT2D eigenvalue weighted by molar-refractivity contribution is 8.76. The molecular weight excluding hydrogens is 456 g/mol. The van der Waals surface area contributed by atoms with Crippen molar-refractivity contribution in [2.24, 2.45) is 9.98 Å². The largest absolute Gasteiger partial charge is 0.449 e. The molecule has 0 aliphatic rings. The molecule has 0 aromatic rings. The Morgan fingerprint density at radius 2 is 1.06 bits per heavy atom. The van der Waals surface area contributed by atoms with Crippen molar-refractivity contribution in [3.8, 4) is 0 Å². The van der Waals surface area contributed by atoms with Gasteiger partial charge in [0.2, 0.25) is 12.2 Å². The van der Waals surface area contributed by atoms with Gasteiger partial charge in [-0.05, 0) is 25.7 Å². The summed E-state index contributed by atoms with van der Waals surface area (Å²) in [6.07, 6.45) is 9.44. The number of nitrogens with zero attached hydrogens (tertiary/aromatic N) is 2. The zero-order chi connectivity index (χ0) is 23.5. The van der Waals surface area contributed by atoms with Crippen LogP contribution in [0.3, 0.4) is 0 Å². The summed E-state index contributed by atoms with van der Waals surface area (Å²) in [6, 6.07) is 0. The first kappa shape index (κ1) is 30.0. The van der Waals surface area contributed by atoms with E-state index in [0.29, 0.717) is 50.9 Å². The SMILES string of the molecule is O=C=NCCCCCCNC(=O)OCCSSCCOC(=O)NCCCCCCN=C=O. The Morgan fingerprint density at radius 3 is 1.47 bits per heavy atom. The molecular formula is C20H34N4O6S2. The summed E-state index contributed by atoms with van der Waals surface area (Å²) in [4.78, 5) is 49.8. The van der Waals surface area contributed by atoms with Crippen LogP contribution >= 0.6 is 21.6 Å². The van der Waals surface area contributed by atoms with Gasteiger partial charge in [-0.2, -0.15) is 0 Å². The molecule has 2 N–H and O–H groups in total. The van der Waals surface area contributed by atoms with Gasteiger partial charge in [-0.15, -0.1) is 0 Å². The smallest absolute Gasteiger partial charge is 0.407 e. The minimum Gasteiger partial charge on any atom is -0.449 e. The van der Waals surface area contributed by atoms with Crippen LogP contribution in [-0.4, -0.2) is 75.2 Å². The van der Waals surface area contributed by atoms with Gasteiger partial charge < -0.3 is 20.1 Å². The number of carbonyl (C=O) groups is 2. The number of unbranched alkanes of at least 4 members (excludes halogenated alkanes) is 6. The molecule has 2 amide bonds. The fraction of sp³-hybridized carbons (Fsp3) is 0.800. The van der Waals surface area contributed by atoms with Crippen molar-refractivity contribution in [3.05, 3.63) is 0 Å². The Hall–Kier alpha value is -2.00. The summed E-state index contributed by atoms with van der Waals surface area (Å²) >= 11 is 0. The zero-order valence-electron chi connectivity index (χ0n) is 18.5. The zero-order valence-corrected chi connectivity index (χ0v) is 20.1. The van der Waals surface area contributed by atoms with Gasteiger partial charge in [0.25, 0.3) is 0 Å². The van der Waals surface area contributed by atoms with Crippen LogP contribution in [0.1, 0.15) is 51.4 Å². The summed E-state index contributed by atoms with van der Waals surface area (Å²) in [5, 5.41) is 5.40. The van der Waals surface area contributed by atoms with Gasteiger partial charge in [-0.3, -0.25) is 0 Å². The lowest BCUT2D eigenvalue weighted by molar-refractivity contribution is 0.152. The molecule has 0 bridgehead atoms. The van der Waals surface area contributed by atoms with E-state index in [-0.39, 0.29) is 0 Å². The van der Waals surface area contributed by atoms with Crippen molar-refractivity contribution in [2.45, 2.75) is 51.4 Å². The number of alkyl carbamates (subject to hydrolysis) is 2. The van der Waals surface area contributed by atoms with E-state index in [1.54, 1.807) is 21.6 Å². The average molecular weight is 491 g/mol. The Balaban J connectivity index is 3.30. The fourth-order valence-electron chi connectivity index (χ4n) is 2.37. The van der Waals surface area contributed by atoms with Gasteiger partial charge in [0.1, 0.15) is 13.2 Å². The molecule has 0 heterocycles. The molecule has 0 radical (unpaired) electrons. The molecule has 0 unspecified atom stereocenters. The Bertz CT molecular complexity index is 534. The first-order valence-electron chi connectivity index (χ1n) is 10.8. The van der Waals surface area contributed by atoms with E-state index in [0.717, 1.165) is 51.4 Å². The number of hydrogen-bond acceptors (Lipinski definition) is 10. The van der Waals surface area contributed by atoms with Gasteiger partial charge in [0, 0.05) is 24.6 Å². The van der Waals surface area contributed by atoms with Crippen LogP contribution in [0.2, 0.25) is 0 Å². The number of carbonyl (C=O) groups excluding carboxylic acids is 4. The third kappa shape index (κ3) is 24.3. The van der Waals surface area contributed by atoms with Crippen LogP contribution in [0.15, 0.2) is 9.98 Å². The standard InChI is InChI=1S/C20H34N4O6S2/c25-17-21-9-5-1-3-7-11-23-19(27)29-13-15-31-32-16-14-30-20(28)24-12-8-4-2-6-10-22-18-26/h1-16H2,(H,23,27)(H,24,28). The van der Waals surface area contributed by atoms with Gasteiger partial charge in [-0.25, -0.2) is 29.2 Å². The lowest BCUT2D eigenvalue weighted by Crippen LogP contribution is -2.26. The average Bonchev–Trinajstić information content (AvgIpc) is 2.79. The number of hydrogen-bond donors (Lipinski definition) is 2. The predicted octanol–water partition coefficient (Wildman–Crippen LogP) is 3.61. The van der Waals surface area contributed by atoms with Crippen molar-refractivity contribution in [3.63, 3.8) is 0 Å². The van der Waals surface area contributed by atoms with Crippen LogP contribution in [0.4, 0.5) is 9.59 Å². The van der Waals surface area contributed by atoms with Crippen molar-refractivity contribution >= 4 is 45.9 Å². The maximum atomic E-state index is 11.5. The van der Waals surface area contributed by atoms with Crippen molar-refractivity contribution in [1.29, 1.82) is 0 Å². The number of nitrogens with one attached hydrogen (secondary N) is 2. The summed E-state index contributed by atoms with van der Waals surface area (Å²) in [5.74, 6) is 1.30.